The summed E-state index contributed by atoms with van der Waals surface area (Å²) in [6, 6.07) is 9.56. The number of rotatable bonds is 4. The maximum atomic E-state index is 12.5. The van der Waals surface area contributed by atoms with Crippen LogP contribution in [0.3, 0.4) is 0 Å². The Balaban J connectivity index is 1.76. The van der Waals surface area contributed by atoms with E-state index >= 15 is 0 Å². The first kappa shape index (κ1) is 16.9. The van der Waals surface area contributed by atoms with Crippen LogP contribution in [0.5, 0.6) is 5.75 Å². The Kier molecular flexibility index (Phi) is 5.25. The molecule has 0 saturated carbocycles. The molecule has 0 radical (unpaired) electrons. The predicted octanol–water partition coefficient (Wildman–Crippen LogP) is 1.92. The molecule has 0 atom stereocenters. The first-order chi connectivity index (χ1) is 12.2. The summed E-state index contributed by atoms with van der Waals surface area (Å²) >= 11 is 0. The van der Waals surface area contributed by atoms with Crippen molar-refractivity contribution in [3.8, 4) is 5.75 Å². The van der Waals surface area contributed by atoms with E-state index in [4.69, 9.17) is 9.47 Å². The van der Waals surface area contributed by atoms with Gasteiger partial charge in [0.1, 0.15) is 17.1 Å². The number of hydrogen-bond acceptors (Lipinski definition) is 7. The SMILES string of the molecule is COC(=O)c1ccc(OC(=O)c2cccnc2N2CCOCC2)cc1. The number of ether oxygens (including phenoxy) is 3. The molecule has 2 aromatic rings. The number of nitrogens with zero attached hydrogens (tertiary/aromatic N) is 2. The molecule has 1 fully saturated rings. The largest absolute Gasteiger partial charge is 0.465 e. The average Bonchev–Trinajstić information content (AvgIpc) is 2.68. The fourth-order valence-electron chi connectivity index (χ4n) is 2.52. The Hall–Kier alpha value is -2.93. The molecule has 0 N–H and O–H groups in total. The first-order valence-corrected chi connectivity index (χ1v) is 7.87. The van der Waals surface area contributed by atoms with Crippen LogP contribution in [0.15, 0.2) is 42.6 Å². The molecule has 25 heavy (non-hydrogen) atoms. The zero-order valence-corrected chi connectivity index (χ0v) is 13.8. The fourth-order valence-corrected chi connectivity index (χ4v) is 2.52. The molecular formula is C18H18N2O5. The molecule has 130 valence electrons. The second-order valence-electron chi connectivity index (χ2n) is 5.38. The van der Waals surface area contributed by atoms with Crippen molar-refractivity contribution in [1.82, 2.24) is 4.98 Å². The van der Waals surface area contributed by atoms with Crippen molar-refractivity contribution in [3.05, 3.63) is 53.7 Å². The van der Waals surface area contributed by atoms with Gasteiger partial charge in [0.05, 0.1) is 25.9 Å². The summed E-state index contributed by atoms with van der Waals surface area (Å²) in [5.41, 5.74) is 0.777. The Morgan fingerprint density at radius 2 is 1.80 bits per heavy atom. The Labute approximate surface area is 145 Å². The minimum atomic E-state index is -0.500. The highest BCUT2D eigenvalue weighted by molar-refractivity contribution is 5.96. The van der Waals surface area contributed by atoms with Crippen molar-refractivity contribution in [2.75, 3.05) is 38.3 Å². The molecule has 1 aromatic carbocycles. The monoisotopic (exact) mass is 342 g/mol. The number of esters is 2. The number of methoxy groups -OCH3 is 1. The third-order valence-corrected chi connectivity index (χ3v) is 3.80. The van der Waals surface area contributed by atoms with Crippen LogP contribution in [0.2, 0.25) is 0 Å². The van der Waals surface area contributed by atoms with E-state index in [1.807, 2.05) is 4.90 Å². The van der Waals surface area contributed by atoms with Crippen LogP contribution in [0.1, 0.15) is 20.7 Å². The normalized spacial score (nSPS) is 14.0. The molecule has 1 saturated heterocycles. The topological polar surface area (TPSA) is 78.0 Å². The van der Waals surface area contributed by atoms with E-state index in [0.717, 1.165) is 0 Å². The number of carbonyl (C=O) groups excluding carboxylic acids is 2. The number of pyridine rings is 1. The second kappa shape index (κ2) is 7.76. The molecule has 0 spiro atoms. The lowest BCUT2D eigenvalue weighted by molar-refractivity contribution is 0.0600. The van der Waals surface area contributed by atoms with Crippen LogP contribution in [0, 0.1) is 0 Å². The molecule has 1 aromatic heterocycles. The van der Waals surface area contributed by atoms with Crippen LogP contribution in [0.25, 0.3) is 0 Å². The van der Waals surface area contributed by atoms with Crippen molar-refractivity contribution < 1.29 is 23.8 Å². The third-order valence-electron chi connectivity index (χ3n) is 3.80. The van der Waals surface area contributed by atoms with E-state index < -0.39 is 11.9 Å². The molecular weight excluding hydrogens is 324 g/mol. The van der Waals surface area contributed by atoms with Gasteiger partial charge in [-0.25, -0.2) is 14.6 Å². The molecule has 0 unspecified atom stereocenters. The highest BCUT2D eigenvalue weighted by atomic mass is 16.5. The van der Waals surface area contributed by atoms with Gasteiger partial charge in [-0.2, -0.15) is 0 Å². The lowest BCUT2D eigenvalue weighted by Crippen LogP contribution is -2.37. The van der Waals surface area contributed by atoms with Crippen LogP contribution in [-0.2, 0) is 9.47 Å². The lowest BCUT2D eigenvalue weighted by Gasteiger charge is -2.28. The number of aromatic nitrogens is 1. The maximum absolute atomic E-state index is 12.5. The first-order valence-electron chi connectivity index (χ1n) is 7.87. The fraction of sp³-hybridized carbons (Fsp3) is 0.278. The minimum Gasteiger partial charge on any atom is -0.465 e. The van der Waals surface area contributed by atoms with Crippen LogP contribution >= 0.6 is 0 Å². The van der Waals surface area contributed by atoms with Crippen molar-refractivity contribution in [2.45, 2.75) is 0 Å². The number of morpholine rings is 1. The van der Waals surface area contributed by atoms with Crippen molar-refractivity contribution in [1.29, 1.82) is 0 Å². The van der Waals surface area contributed by atoms with Gasteiger partial charge in [0.15, 0.2) is 0 Å². The molecule has 0 bridgehead atoms. The van der Waals surface area contributed by atoms with Crippen LogP contribution in [-0.4, -0.2) is 50.3 Å². The maximum Gasteiger partial charge on any atom is 0.347 e. The van der Waals surface area contributed by atoms with Gasteiger partial charge in [0.2, 0.25) is 0 Å². The van der Waals surface area contributed by atoms with Gasteiger partial charge in [0, 0.05) is 19.3 Å². The molecule has 7 heteroatoms. The summed E-state index contributed by atoms with van der Waals surface area (Å²) in [6.07, 6.45) is 1.65. The standard InChI is InChI=1S/C18H18N2O5/c1-23-17(21)13-4-6-14(7-5-13)25-18(22)15-3-2-8-19-16(15)20-9-11-24-12-10-20/h2-8H,9-12H2,1H3. The van der Waals surface area contributed by atoms with Gasteiger partial charge in [-0.3, -0.25) is 0 Å². The molecule has 7 nitrogen and oxygen atoms in total. The van der Waals surface area contributed by atoms with Crippen LogP contribution in [0.4, 0.5) is 5.82 Å². The van der Waals surface area contributed by atoms with E-state index in [1.54, 1.807) is 42.6 Å². The number of carbonyl (C=O) groups is 2. The highest BCUT2D eigenvalue weighted by Gasteiger charge is 2.21. The Morgan fingerprint density at radius 3 is 2.48 bits per heavy atom. The van der Waals surface area contributed by atoms with Crippen molar-refractivity contribution >= 4 is 17.8 Å². The lowest BCUT2D eigenvalue weighted by atomic mass is 10.2. The van der Waals surface area contributed by atoms with E-state index in [-0.39, 0.29) is 0 Å². The molecule has 0 amide bonds. The summed E-state index contributed by atoms with van der Waals surface area (Å²) in [4.78, 5) is 30.3. The second-order valence-corrected chi connectivity index (χ2v) is 5.38. The average molecular weight is 342 g/mol. The Morgan fingerprint density at radius 1 is 1.08 bits per heavy atom. The summed E-state index contributed by atoms with van der Waals surface area (Å²) in [5.74, 6) is -0.0171. The smallest absolute Gasteiger partial charge is 0.347 e. The molecule has 3 rings (SSSR count). The van der Waals surface area contributed by atoms with Crippen molar-refractivity contribution in [3.63, 3.8) is 0 Å². The summed E-state index contributed by atoms with van der Waals surface area (Å²) in [5, 5.41) is 0. The van der Waals surface area contributed by atoms with E-state index in [2.05, 4.69) is 9.72 Å². The predicted molar refractivity (Wildman–Crippen MR) is 90.0 cm³/mol. The van der Waals surface area contributed by atoms with Gasteiger partial charge in [-0.15, -0.1) is 0 Å². The number of hydrogen-bond donors (Lipinski definition) is 0. The van der Waals surface area contributed by atoms with Gasteiger partial charge in [-0.05, 0) is 36.4 Å². The molecule has 1 aliphatic rings. The molecule has 2 heterocycles. The highest BCUT2D eigenvalue weighted by Crippen LogP contribution is 2.21. The van der Waals surface area contributed by atoms with E-state index in [0.29, 0.717) is 49.0 Å². The van der Waals surface area contributed by atoms with Crippen molar-refractivity contribution in [2.24, 2.45) is 0 Å². The zero-order valence-electron chi connectivity index (χ0n) is 13.8. The molecule has 0 aliphatic carbocycles. The molecule has 1 aliphatic heterocycles. The Bertz CT molecular complexity index is 754. The van der Waals surface area contributed by atoms with Gasteiger partial charge in [0.25, 0.3) is 0 Å². The summed E-state index contributed by atoms with van der Waals surface area (Å²) in [6.45, 7) is 2.54. The van der Waals surface area contributed by atoms with Gasteiger partial charge in [-0.1, -0.05) is 0 Å². The summed E-state index contributed by atoms with van der Waals surface area (Å²) in [7, 11) is 1.31. The number of anilines is 1. The third kappa shape index (κ3) is 3.95. The zero-order chi connectivity index (χ0) is 17.6. The van der Waals surface area contributed by atoms with E-state index in [1.165, 1.54) is 7.11 Å². The van der Waals surface area contributed by atoms with Gasteiger partial charge >= 0.3 is 11.9 Å². The van der Waals surface area contributed by atoms with Gasteiger partial charge < -0.3 is 19.1 Å². The summed E-state index contributed by atoms with van der Waals surface area (Å²) < 4.78 is 15.4. The quantitative estimate of drug-likeness (QED) is 0.620. The number of benzene rings is 1. The minimum absolute atomic E-state index is 0.342. The van der Waals surface area contributed by atoms with E-state index in [9.17, 15) is 9.59 Å². The van der Waals surface area contributed by atoms with Crippen LogP contribution < -0.4 is 9.64 Å².